The summed E-state index contributed by atoms with van der Waals surface area (Å²) >= 11 is 3.04. The Morgan fingerprint density at radius 3 is 2.73 bits per heavy atom. The fourth-order valence-electron chi connectivity index (χ4n) is 0.573. The van der Waals surface area contributed by atoms with Gasteiger partial charge in [-0.3, -0.25) is 0 Å². The van der Waals surface area contributed by atoms with E-state index in [1.807, 2.05) is 0 Å². The Balaban J connectivity index is 3.05. The number of hydrogen-bond donors (Lipinski definition) is 2. The SMILES string of the molecule is COc1nc(C(=O)O)[nH]c1Br. The molecule has 1 aromatic rings. The molecule has 6 heteroatoms. The van der Waals surface area contributed by atoms with Crippen molar-refractivity contribution in [3.63, 3.8) is 0 Å². The van der Waals surface area contributed by atoms with Crippen LogP contribution in [-0.4, -0.2) is 28.2 Å². The third kappa shape index (κ3) is 1.51. The van der Waals surface area contributed by atoms with Gasteiger partial charge < -0.3 is 14.8 Å². The Hall–Kier alpha value is -1.04. The van der Waals surface area contributed by atoms with Crippen molar-refractivity contribution < 1.29 is 14.6 Å². The maximum atomic E-state index is 10.3. The highest BCUT2D eigenvalue weighted by Gasteiger charge is 2.12. The summed E-state index contributed by atoms with van der Waals surface area (Å²) in [7, 11) is 1.41. The summed E-state index contributed by atoms with van der Waals surface area (Å²) in [6, 6.07) is 0. The number of carboxylic acid groups (broad SMARTS) is 1. The number of hydrogen-bond acceptors (Lipinski definition) is 3. The highest BCUT2D eigenvalue weighted by atomic mass is 79.9. The fraction of sp³-hybridized carbons (Fsp3) is 0.200. The van der Waals surface area contributed by atoms with Crippen molar-refractivity contribution >= 4 is 21.9 Å². The lowest BCUT2D eigenvalue weighted by molar-refractivity contribution is 0.0684. The number of halogens is 1. The molecular formula is C5H5BrN2O3. The predicted molar refractivity (Wildman–Crippen MR) is 39.8 cm³/mol. The van der Waals surface area contributed by atoms with Gasteiger partial charge in [0, 0.05) is 0 Å². The second kappa shape index (κ2) is 2.91. The molecular weight excluding hydrogens is 216 g/mol. The van der Waals surface area contributed by atoms with Gasteiger partial charge in [-0.25, -0.2) is 4.79 Å². The zero-order valence-electron chi connectivity index (χ0n) is 5.59. The van der Waals surface area contributed by atoms with Crippen molar-refractivity contribution in [1.29, 1.82) is 0 Å². The lowest BCUT2D eigenvalue weighted by Crippen LogP contribution is -1.98. The summed E-state index contributed by atoms with van der Waals surface area (Å²) in [4.78, 5) is 16.4. The minimum Gasteiger partial charge on any atom is -0.479 e. The van der Waals surface area contributed by atoms with Crippen molar-refractivity contribution in [2.24, 2.45) is 0 Å². The summed E-state index contributed by atoms with van der Waals surface area (Å²) in [6.07, 6.45) is 0. The summed E-state index contributed by atoms with van der Waals surface area (Å²) in [5.41, 5.74) is 0. The standard InChI is InChI=1S/C5H5BrN2O3/c1-11-4-2(6)7-3(8-4)5(9)10/h1H3,(H,7,8)(H,9,10). The average molecular weight is 221 g/mol. The van der Waals surface area contributed by atoms with Crippen molar-refractivity contribution in [3.05, 3.63) is 10.4 Å². The average Bonchev–Trinajstić information content (AvgIpc) is 2.31. The summed E-state index contributed by atoms with van der Waals surface area (Å²) in [5, 5.41) is 8.45. The van der Waals surface area contributed by atoms with E-state index in [2.05, 4.69) is 25.9 Å². The topological polar surface area (TPSA) is 75.2 Å². The van der Waals surface area contributed by atoms with Crippen LogP contribution in [0.1, 0.15) is 10.6 Å². The molecule has 0 saturated heterocycles. The fourth-order valence-corrected chi connectivity index (χ4v) is 1.01. The molecule has 0 aliphatic rings. The molecule has 1 rings (SSSR count). The first-order chi connectivity index (χ1) is 5.15. The van der Waals surface area contributed by atoms with Crippen LogP contribution >= 0.6 is 15.9 Å². The number of carbonyl (C=O) groups is 1. The number of nitrogens with zero attached hydrogens (tertiary/aromatic N) is 1. The molecule has 5 nitrogen and oxygen atoms in total. The lowest BCUT2D eigenvalue weighted by Gasteiger charge is -1.89. The number of ether oxygens (including phenoxy) is 1. The quantitative estimate of drug-likeness (QED) is 0.777. The van der Waals surface area contributed by atoms with Crippen molar-refractivity contribution in [2.45, 2.75) is 0 Å². The predicted octanol–water partition coefficient (Wildman–Crippen LogP) is 0.879. The molecule has 1 heterocycles. The molecule has 0 fully saturated rings. The maximum Gasteiger partial charge on any atom is 0.372 e. The first kappa shape index (κ1) is 8.06. The van der Waals surface area contributed by atoms with Gasteiger partial charge in [-0.15, -0.1) is 0 Å². The Labute approximate surface area is 70.5 Å². The zero-order valence-corrected chi connectivity index (χ0v) is 7.17. The van der Waals surface area contributed by atoms with E-state index in [9.17, 15) is 4.79 Å². The second-order valence-corrected chi connectivity index (χ2v) is 2.51. The highest BCUT2D eigenvalue weighted by molar-refractivity contribution is 9.10. The normalized spacial score (nSPS) is 9.64. The molecule has 0 unspecified atom stereocenters. The lowest BCUT2D eigenvalue weighted by atomic mass is 10.6. The highest BCUT2D eigenvalue weighted by Crippen LogP contribution is 2.20. The molecule has 0 aliphatic heterocycles. The third-order valence-electron chi connectivity index (χ3n) is 1.03. The number of aromatic nitrogens is 2. The van der Waals surface area contributed by atoms with Crippen LogP contribution in [0.15, 0.2) is 4.60 Å². The largest absolute Gasteiger partial charge is 0.479 e. The monoisotopic (exact) mass is 220 g/mol. The summed E-state index contributed by atoms with van der Waals surface area (Å²) in [6.45, 7) is 0. The summed E-state index contributed by atoms with van der Waals surface area (Å²) < 4.78 is 5.15. The molecule has 0 radical (unpaired) electrons. The van der Waals surface area contributed by atoms with Crippen molar-refractivity contribution in [3.8, 4) is 5.88 Å². The van der Waals surface area contributed by atoms with E-state index in [-0.39, 0.29) is 11.7 Å². The minimum absolute atomic E-state index is 0.145. The van der Waals surface area contributed by atoms with Crippen LogP contribution in [0.25, 0.3) is 0 Å². The van der Waals surface area contributed by atoms with Crippen LogP contribution in [0.4, 0.5) is 0 Å². The zero-order chi connectivity index (χ0) is 8.43. The first-order valence-corrected chi connectivity index (χ1v) is 3.47. The second-order valence-electron chi connectivity index (χ2n) is 1.71. The number of H-pyrrole nitrogens is 1. The van der Waals surface area contributed by atoms with Crippen LogP contribution in [-0.2, 0) is 0 Å². The summed E-state index contributed by atoms with van der Waals surface area (Å²) in [5.74, 6) is -1.02. The molecule has 0 aliphatic carbocycles. The molecule has 0 saturated carbocycles. The molecule has 0 spiro atoms. The van der Waals surface area contributed by atoms with Gasteiger partial charge in [0.05, 0.1) is 7.11 Å². The van der Waals surface area contributed by atoms with E-state index in [1.54, 1.807) is 0 Å². The maximum absolute atomic E-state index is 10.3. The van der Waals surface area contributed by atoms with Crippen molar-refractivity contribution in [1.82, 2.24) is 9.97 Å². The van der Waals surface area contributed by atoms with Crippen LogP contribution < -0.4 is 4.74 Å². The molecule has 0 amide bonds. The molecule has 0 bridgehead atoms. The number of aromatic carboxylic acids is 1. The van der Waals surface area contributed by atoms with Gasteiger partial charge in [0.25, 0.3) is 0 Å². The van der Waals surface area contributed by atoms with Crippen LogP contribution in [0.3, 0.4) is 0 Å². The van der Waals surface area contributed by atoms with E-state index in [0.29, 0.717) is 4.60 Å². The molecule has 1 aromatic heterocycles. The Morgan fingerprint density at radius 1 is 1.82 bits per heavy atom. The molecule has 2 N–H and O–H groups in total. The number of methoxy groups -OCH3 is 1. The van der Waals surface area contributed by atoms with E-state index in [0.717, 1.165) is 0 Å². The van der Waals surface area contributed by atoms with Gasteiger partial charge in [0.15, 0.2) is 0 Å². The molecule has 0 aromatic carbocycles. The van der Waals surface area contributed by atoms with Gasteiger partial charge in [-0.2, -0.15) is 4.98 Å². The Kier molecular flexibility index (Phi) is 2.13. The van der Waals surface area contributed by atoms with Crippen molar-refractivity contribution in [2.75, 3.05) is 7.11 Å². The number of rotatable bonds is 2. The van der Waals surface area contributed by atoms with Gasteiger partial charge in [0.2, 0.25) is 11.7 Å². The number of carboxylic acids is 1. The van der Waals surface area contributed by atoms with Gasteiger partial charge in [0.1, 0.15) is 4.60 Å². The van der Waals surface area contributed by atoms with E-state index >= 15 is 0 Å². The molecule has 60 valence electrons. The number of aromatic amines is 1. The van der Waals surface area contributed by atoms with E-state index in [4.69, 9.17) is 9.84 Å². The van der Waals surface area contributed by atoms with Gasteiger partial charge in [-0.1, -0.05) is 0 Å². The number of imidazole rings is 1. The van der Waals surface area contributed by atoms with E-state index < -0.39 is 5.97 Å². The Bertz CT molecular complexity index is 283. The first-order valence-electron chi connectivity index (χ1n) is 2.68. The van der Waals surface area contributed by atoms with Crippen LogP contribution in [0.2, 0.25) is 0 Å². The van der Waals surface area contributed by atoms with Gasteiger partial charge >= 0.3 is 5.97 Å². The Morgan fingerprint density at radius 2 is 2.45 bits per heavy atom. The molecule has 11 heavy (non-hydrogen) atoms. The van der Waals surface area contributed by atoms with Crippen LogP contribution in [0, 0.1) is 0 Å². The molecule has 0 atom stereocenters. The van der Waals surface area contributed by atoms with E-state index in [1.165, 1.54) is 7.11 Å². The van der Waals surface area contributed by atoms with Crippen LogP contribution in [0.5, 0.6) is 5.88 Å². The van der Waals surface area contributed by atoms with Gasteiger partial charge in [-0.05, 0) is 15.9 Å². The minimum atomic E-state index is -1.12. The third-order valence-corrected chi connectivity index (χ3v) is 1.56. The smallest absolute Gasteiger partial charge is 0.372 e. The number of nitrogens with one attached hydrogen (secondary N) is 1.